The quantitative estimate of drug-likeness (QED) is 0.335. The SMILES string of the molecule is COCCN(CC(C)C)c1nc(C)cc(/C(N)=N/O)n1. The Bertz CT molecular complexity index is 462. The molecule has 0 aromatic carbocycles. The van der Waals surface area contributed by atoms with Gasteiger partial charge in [0, 0.05) is 25.9 Å². The molecule has 1 aromatic heterocycles. The van der Waals surface area contributed by atoms with Crippen LogP contribution in [0.5, 0.6) is 0 Å². The molecule has 7 nitrogen and oxygen atoms in total. The first-order valence-corrected chi connectivity index (χ1v) is 6.55. The first-order valence-electron chi connectivity index (χ1n) is 6.55. The maximum absolute atomic E-state index is 8.76. The van der Waals surface area contributed by atoms with Gasteiger partial charge in [0.05, 0.1) is 6.61 Å². The molecule has 0 unspecified atom stereocenters. The fraction of sp³-hybridized carbons (Fsp3) is 0.615. The van der Waals surface area contributed by atoms with Crippen LogP contribution in [0.25, 0.3) is 0 Å². The maximum Gasteiger partial charge on any atom is 0.226 e. The summed E-state index contributed by atoms with van der Waals surface area (Å²) in [7, 11) is 1.66. The predicted octanol–water partition coefficient (Wildman–Crippen LogP) is 0.988. The van der Waals surface area contributed by atoms with E-state index in [1.54, 1.807) is 13.2 Å². The summed E-state index contributed by atoms with van der Waals surface area (Å²) < 4.78 is 5.12. The Morgan fingerprint density at radius 3 is 2.75 bits per heavy atom. The van der Waals surface area contributed by atoms with E-state index in [0.717, 1.165) is 12.2 Å². The Balaban J connectivity index is 3.08. The summed E-state index contributed by atoms with van der Waals surface area (Å²) in [6.45, 7) is 8.18. The smallest absolute Gasteiger partial charge is 0.226 e. The minimum Gasteiger partial charge on any atom is -0.409 e. The van der Waals surface area contributed by atoms with Crippen LogP contribution in [0.2, 0.25) is 0 Å². The Labute approximate surface area is 119 Å². The van der Waals surface area contributed by atoms with Crippen molar-refractivity contribution in [2.24, 2.45) is 16.8 Å². The molecular formula is C13H23N5O2. The van der Waals surface area contributed by atoms with Gasteiger partial charge in [0.25, 0.3) is 0 Å². The van der Waals surface area contributed by atoms with Gasteiger partial charge < -0.3 is 20.6 Å². The van der Waals surface area contributed by atoms with Gasteiger partial charge in [-0.15, -0.1) is 0 Å². The van der Waals surface area contributed by atoms with E-state index in [2.05, 4.69) is 29.0 Å². The second kappa shape index (κ2) is 7.64. The Morgan fingerprint density at radius 1 is 1.50 bits per heavy atom. The number of amidine groups is 1. The number of ether oxygens (including phenoxy) is 1. The van der Waals surface area contributed by atoms with Crippen molar-refractivity contribution in [3.8, 4) is 0 Å². The third-order valence-electron chi connectivity index (χ3n) is 2.65. The van der Waals surface area contributed by atoms with Crippen molar-refractivity contribution in [2.75, 3.05) is 31.7 Å². The van der Waals surface area contributed by atoms with Gasteiger partial charge in [0.15, 0.2) is 5.84 Å². The van der Waals surface area contributed by atoms with Crippen molar-refractivity contribution in [1.82, 2.24) is 9.97 Å². The molecule has 0 aliphatic rings. The number of nitrogens with two attached hydrogens (primary N) is 1. The molecule has 0 amide bonds. The molecule has 0 bridgehead atoms. The van der Waals surface area contributed by atoms with Crippen LogP contribution >= 0.6 is 0 Å². The Hall–Kier alpha value is -1.89. The molecule has 0 atom stereocenters. The van der Waals surface area contributed by atoms with Crippen molar-refractivity contribution in [3.63, 3.8) is 0 Å². The Kier molecular flexibility index (Phi) is 6.17. The fourth-order valence-corrected chi connectivity index (χ4v) is 1.79. The first kappa shape index (κ1) is 16.2. The second-order valence-corrected chi connectivity index (χ2v) is 5.01. The normalized spacial score (nSPS) is 11.9. The average molecular weight is 281 g/mol. The van der Waals surface area contributed by atoms with Gasteiger partial charge in [0.1, 0.15) is 5.69 Å². The van der Waals surface area contributed by atoms with Gasteiger partial charge in [-0.3, -0.25) is 0 Å². The lowest BCUT2D eigenvalue weighted by atomic mass is 10.2. The fourth-order valence-electron chi connectivity index (χ4n) is 1.79. The van der Waals surface area contributed by atoms with E-state index in [0.29, 0.717) is 30.7 Å². The van der Waals surface area contributed by atoms with Gasteiger partial charge in [-0.25, -0.2) is 9.97 Å². The number of nitrogens with zero attached hydrogens (tertiary/aromatic N) is 4. The van der Waals surface area contributed by atoms with Crippen LogP contribution in [0.3, 0.4) is 0 Å². The van der Waals surface area contributed by atoms with E-state index in [1.807, 2.05) is 11.8 Å². The molecule has 0 radical (unpaired) electrons. The van der Waals surface area contributed by atoms with Crippen LogP contribution < -0.4 is 10.6 Å². The van der Waals surface area contributed by atoms with Gasteiger partial charge >= 0.3 is 0 Å². The van der Waals surface area contributed by atoms with Gasteiger partial charge in [0.2, 0.25) is 5.95 Å². The summed E-state index contributed by atoms with van der Waals surface area (Å²) in [6, 6.07) is 1.68. The summed E-state index contributed by atoms with van der Waals surface area (Å²) in [6.07, 6.45) is 0. The van der Waals surface area contributed by atoms with E-state index in [-0.39, 0.29) is 5.84 Å². The molecule has 1 rings (SSSR count). The number of oxime groups is 1. The molecule has 3 N–H and O–H groups in total. The summed E-state index contributed by atoms with van der Waals surface area (Å²) >= 11 is 0. The molecule has 0 aliphatic carbocycles. The predicted molar refractivity (Wildman–Crippen MR) is 78.2 cm³/mol. The minimum absolute atomic E-state index is 0.0204. The molecule has 7 heteroatoms. The second-order valence-electron chi connectivity index (χ2n) is 5.01. The highest BCUT2D eigenvalue weighted by atomic mass is 16.5. The van der Waals surface area contributed by atoms with E-state index in [1.165, 1.54) is 0 Å². The highest BCUT2D eigenvalue weighted by Gasteiger charge is 2.14. The number of hydrogen-bond acceptors (Lipinski definition) is 6. The van der Waals surface area contributed by atoms with E-state index < -0.39 is 0 Å². The molecule has 0 saturated carbocycles. The number of aryl methyl sites for hydroxylation is 1. The lowest BCUT2D eigenvalue weighted by Gasteiger charge is -2.24. The third-order valence-corrected chi connectivity index (χ3v) is 2.65. The van der Waals surface area contributed by atoms with Crippen molar-refractivity contribution in [3.05, 3.63) is 17.5 Å². The van der Waals surface area contributed by atoms with E-state index in [9.17, 15) is 0 Å². The maximum atomic E-state index is 8.76. The third kappa shape index (κ3) is 4.65. The highest BCUT2D eigenvalue weighted by Crippen LogP contribution is 2.12. The zero-order valence-electron chi connectivity index (χ0n) is 12.5. The van der Waals surface area contributed by atoms with Crippen molar-refractivity contribution in [1.29, 1.82) is 0 Å². The number of methoxy groups -OCH3 is 1. The van der Waals surface area contributed by atoms with Gasteiger partial charge in [-0.2, -0.15) is 0 Å². The Morgan fingerprint density at radius 2 is 2.20 bits per heavy atom. The topological polar surface area (TPSA) is 96.9 Å². The molecule has 1 aromatic rings. The van der Waals surface area contributed by atoms with Crippen LogP contribution in [0.1, 0.15) is 25.2 Å². The zero-order chi connectivity index (χ0) is 15.1. The number of anilines is 1. The molecule has 0 fully saturated rings. The monoisotopic (exact) mass is 281 g/mol. The first-order chi connectivity index (χ1) is 9.47. The number of rotatable bonds is 7. The number of aromatic nitrogens is 2. The summed E-state index contributed by atoms with van der Waals surface area (Å²) in [5.74, 6) is 1.01. The number of hydrogen-bond donors (Lipinski definition) is 2. The molecular weight excluding hydrogens is 258 g/mol. The van der Waals surface area contributed by atoms with Crippen LogP contribution in [0, 0.1) is 12.8 Å². The van der Waals surface area contributed by atoms with Gasteiger partial charge in [-0.1, -0.05) is 19.0 Å². The minimum atomic E-state index is -0.0204. The van der Waals surface area contributed by atoms with Crippen LogP contribution in [0.4, 0.5) is 5.95 Å². The molecule has 0 saturated heterocycles. The molecule has 0 aliphatic heterocycles. The van der Waals surface area contributed by atoms with Crippen LogP contribution in [0.15, 0.2) is 11.2 Å². The molecule has 0 spiro atoms. The molecule has 1 heterocycles. The van der Waals surface area contributed by atoms with Crippen molar-refractivity contribution < 1.29 is 9.94 Å². The van der Waals surface area contributed by atoms with Crippen LogP contribution in [-0.4, -0.2) is 47.8 Å². The van der Waals surface area contributed by atoms with E-state index >= 15 is 0 Å². The zero-order valence-corrected chi connectivity index (χ0v) is 12.5. The largest absolute Gasteiger partial charge is 0.409 e. The molecule has 20 heavy (non-hydrogen) atoms. The van der Waals surface area contributed by atoms with Gasteiger partial charge in [-0.05, 0) is 18.9 Å². The highest BCUT2D eigenvalue weighted by molar-refractivity contribution is 5.95. The van der Waals surface area contributed by atoms with Crippen LogP contribution in [-0.2, 0) is 4.74 Å². The average Bonchev–Trinajstić information content (AvgIpc) is 2.41. The standard InChI is InChI=1S/C13H23N5O2/c1-9(2)8-18(5-6-20-4)13-15-10(3)7-11(16-13)12(14)17-19/h7,9,19H,5-6,8H2,1-4H3,(H2,14,17). The van der Waals surface area contributed by atoms with Crippen molar-refractivity contribution in [2.45, 2.75) is 20.8 Å². The molecule has 112 valence electrons. The summed E-state index contributed by atoms with van der Waals surface area (Å²) in [4.78, 5) is 10.8. The summed E-state index contributed by atoms with van der Waals surface area (Å²) in [5.41, 5.74) is 6.78. The lowest BCUT2D eigenvalue weighted by Crippen LogP contribution is -2.33. The van der Waals surface area contributed by atoms with Crippen molar-refractivity contribution >= 4 is 11.8 Å². The summed E-state index contributed by atoms with van der Waals surface area (Å²) in [5, 5.41) is 11.7. The van der Waals surface area contributed by atoms with E-state index in [4.69, 9.17) is 15.7 Å². The lowest BCUT2D eigenvalue weighted by molar-refractivity contribution is 0.204.